The normalized spacial score (nSPS) is 10.1. The Labute approximate surface area is 110 Å². The fraction of sp³-hybridized carbons (Fsp3) is 0.333. The minimum atomic E-state index is -0.872. The monoisotopic (exact) mass is 270 g/mol. The van der Waals surface area contributed by atoms with Crippen LogP contribution in [-0.2, 0) is 4.79 Å². The molecule has 1 rings (SSSR count). The second-order valence-corrected chi connectivity index (χ2v) is 4.43. The lowest BCUT2D eigenvalue weighted by Gasteiger charge is -2.17. The molecular formula is C12H15ClN2O3. The molecule has 0 atom stereocenters. The van der Waals surface area contributed by atoms with Gasteiger partial charge in [-0.3, -0.25) is 9.59 Å². The quantitative estimate of drug-likeness (QED) is 0.800. The SMILES string of the molecule is CN(CCCC(=O)O)C(=O)c1cc(N)cc(Cl)c1. The van der Waals surface area contributed by atoms with E-state index in [1.165, 1.54) is 11.0 Å². The maximum atomic E-state index is 12.0. The number of nitrogens with zero attached hydrogens (tertiary/aromatic N) is 1. The number of amides is 1. The Morgan fingerprint density at radius 1 is 1.39 bits per heavy atom. The summed E-state index contributed by atoms with van der Waals surface area (Å²) in [4.78, 5) is 23.8. The molecule has 0 heterocycles. The lowest BCUT2D eigenvalue weighted by Crippen LogP contribution is -2.28. The van der Waals surface area contributed by atoms with Crippen molar-refractivity contribution in [3.05, 3.63) is 28.8 Å². The number of carboxylic acids is 1. The van der Waals surface area contributed by atoms with Gasteiger partial charge in [-0.15, -0.1) is 0 Å². The fourth-order valence-electron chi connectivity index (χ4n) is 1.53. The molecule has 0 aliphatic carbocycles. The number of nitrogen functional groups attached to an aromatic ring is 1. The van der Waals surface area contributed by atoms with Gasteiger partial charge in [0.1, 0.15) is 0 Å². The molecule has 1 amide bonds. The molecule has 0 aromatic heterocycles. The van der Waals surface area contributed by atoms with E-state index in [2.05, 4.69) is 0 Å². The summed E-state index contributed by atoms with van der Waals surface area (Å²) >= 11 is 5.82. The van der Waals surface area contributed by atoms with Crippen LogP contribution in [0.15, 0.2) is 18.2 Å². The van der Waals surface area contributed by atoms with E-state index < -0.39 is 5.97 Å². The molecular weight excluding hydrogens is 256 g/mol. The minimum absolute atomic E-state index is 0.0370. The number of carbonyl (C=O) groups is 2. The molecule has 0 aliphatic rings. The summed E-state index contributed by atoms with van der Waals surface area (Å²) in [6.45, 7) is 0.373. The molecule has 0 spiro atoms. The molecule has 1 aromatic rings. The first-order valence-corrected chi connectivity index (χ1v) is 5.81. The van der Waals surface area contributed by atoms with Crippen LogP contribution in [0.25, 0.3) is 0 Å². The molecule has 0 saturated carbocycles. The second-order valence-electron chi connectivity index (χ2n) is 4.00. The van der Waals surface area contributed by atoms with Gasteiger partial charge in [-0.25, -0.2) is 0 Å². The van der Waals surface area contributed by atoms with E-state index in [-0.39, 0.29) is 12.3 Å². The van der Waals surface area contributed by atoms with Crippen LogP contribution >= 0.6 is 11.6 Å². The Hall–Kier alpha value is -1.75. The van der Waals surface area contributed by atoms with Gasteiger partial charge in [0, 0.05) is 36.3 Å². The van der Waals surface area contributed by atoms with Crippen molar-refractivity contribution >= 4 is 29.2 Å². The van der Waals surface area contributed by atoms with Gasteiger partial charge in [-0.1, -0.05) is 11.6 Å². The maximum Gasteiger partial charge on any atom is 0.303 e. The standard InChI is InChI=1S/C12H15ClN2O3/c1-15(4-2-3-11(16)17)12(18)8-5-9(13)7-10(14)6-8/h5-7H,2-4,14H2,1H3,(H,16,17). The number of nitrogens with two attached hydrogens (primary N) is 1. The highest BCUT2D eigenvalue weighted by atomic mass is 35.5. The number of aliphatic carboxylic acids is 1. The number of anilines is 1. The highest BCUT2D eigenvalue weighted by molar-refractivity contribution is 6.31. The van der Waals surface area contributed by atoms with Gasteiger partial charge in [-0.2, -0.15) is 0 Å². The van der Waals surface area contributed by atoms with E-state index >= 15 is 0 Å². The number of carboxylic acid groups (broad SMARTS) is 1. The van der Waals surface area contributed by atoms with Gasteiger partial charge in [0.15, 0.2) is 0 Å². The predicted octanol–water partition coefficient (Wildman–Crippen LogP) is 1.86. The fourth-order valence-corrected chi connectivity index (χ4v) is 1.77. The van der Waals surface area contributed by atoms with Crippen LogP contribution < -0.4 is 5.73 Å². The molecule has 5 nitrogen and oxygen atoms in total. The summed E-state index contributed by atoms with van der Waals surface area (Å²) in [5, 5.41) is 8.92. The second kappa shape index (κ2) is 6.26. The molecule has 0 radical (unpaired) electrons. The Morgan fingerprint density at radius 2 is 2.06 bits per heavy atom. The summed E-state index contributed by atoms with van der Waals surface area (Å²) in [5.74, 6) is -1.10. The van der Waals surface area contributed by atoms with Gasteiger partial charge < -0.3 is 15.7 Å². The van der Waals surface area contributed by atoms with Crippen molar-refractivity contribution < 1.29 is 14.7 Å². The van der Waals surface area contributed by atoms with Crippen molar-refractivity contribution in [3.8, 4) is 0 Å². The molecule has 0 fully saturated rings. The molecule has 98 valence electrons. The van der Waals surface area contributed by atoms with Gasteiger partial charge >= 0.3 is 5.97 Å². The van der Waals surface area contributed by atoms with Gasteiger partial charge in [0.25, 0.3) is 5.91 Å². The summed E-state index contributed by atoms with van der Waals surface area (Å²) < 4.78 is 0. The van der Waals surface area contributed by atoms with Crippen molar-refractivity contribution in [2.75, 3.05) is 19.3 Å². The number of rotatable bonds is 5. The summed E-state index contributed by atoms with van der Waals surface area (Å²) in [6, 6.07) is 4.64. The number of benzene rings is 1. The summed E-state index contributed by atoms with van der Waals surface area (Å²) in [6.07, 6.45) is 0.447. The Balaban J connectivity index is 2.65. The van der Waals surface area contributed by atoms with Crippen molar-refractivity contribution in [2.24, 2.45) is 0 Å². The first kappa shape index (κ1) is 14.3. The smallest absolute Gasteiger partial charge is 0.303 e. The van der Waals surface area contributed by atoms with Gasteiger partial charge in [-0.05, 0) is 24.6 Å². The van der Waals surface area contributed by atoms with Crippen LogP contribution in [0.5, 0.6) is 0 Å². The summed E-state index contributed by atoms with van der Waals surface area (Å²) in [5.41, 5.74) is 6.43. The van der Waals surface area contributed by atoms with Crippen LogP contribution in [0.4, 0.5) is 5.69 Å². The molecule has 3 N–H and O–H groups in total. The third kappa shape index (κ3) is 4.25. The molecule has 0 aliphatic heterocycles. The van der Waals surface area contributed by atoms with Gasteiger partial charge in [0.2, 0.25) is 0 Å². The van der Waals surface area contributed by atoms with E-state index in [1.807, 2.05) is 0 Å². The molecule has 0 unspecified atom stereocenters. The van der Waals surface area contributed by atoms with Crippen LogP contribution in [0.1, 0.15) is 23.2 Å². The topological polar surface area (TPSA) is 83.6 Å². The van der Waals surface area contributed by atoms with E-state index in [1.54, 1.807) is 19.2 Å². The largest absolute Gasteiger partial charge is 0.481 e. The number of carbonyl (C=O) groups excluding carboxylic acids is 1. The van der Waals surface area contributed by atoms with Crippen LogP contribution in [-0.4, -0.2) is 35.5 Å². The van der Waals surface area contributed by atoms with Crippen LogP contribution in [0, 0.1) is 0 Å². The molecule has 18 heavy (non-hydrogen) atoms. The van der Waals surface area contributed by atoms with E-state index in [0.29, 0.717) is 29.2 Å². The number of hydrogen-bond acceptors (Lipinski definition) is 3. The lowest BCUT2D eigenvalue weighted by molar-refractivity contribution is -0.137. The average Bonchev–Trinajstić information content (AvgIpc) is 2.26. The molecule has 6 heteroatoms. The van der Waals surface area contributed by atoms with E-state index in [0.717, 1.165) is 0 Å². The third-order valence-corrected chi connectivity index (χ3v) is 2.62. The zero-order valence-corrected chi connectivity index (χ0v) is 10.8. The first-order valence-electron chi connectivity index (χ1n) is 5.43. The molecule has 0 bridgehead atoms. The van der Waals surface area contributed by atoms with Crippen LogP contribution in [0.2, 0.25) is 5.02 Å². The van der Waals surface area contributed by atoms with Gasteiger partial charge in [0.05, 0.1) is 0 Å². The maximum absolute atomic E-state index is 12.0. The van der Waals surface area contributed by atoms with Crippen LogP contribution in [0.3, 0.4) is 0 Å². The van der Waals surface area contributed by atoms with Crippen molar-refractivity contribution in [1.82, 2.24) is 4.90 Å². The molecule has 0 saturated heterocycles. The highest BCUT2D eigenvalue weighted by Gasteiger charge is 2.13. The van der Waals surface area contributed by atoms with Crippen molar-refractivity contribution in [1.29, 1.82) is 0 Å². The minimum Gasteiger partial charge on any atom is -0.481 e. The Morgan fingerprint density at radius 3 is 2.61 bits per heavy atom. The Kier molecular flexibility index (Phi) is 4.97. The Bertz CT molecular complexity index is 442. The average molecular weight is 271 g/mol. The van der Waals surface area contributed by atoms with E-state index in [9.17, 15) is 9.59 Å². The number of hydrogen-bond donors (Lipinski definition) is 2. The third-order valence-electron chi connectivity index (χ3n) is 2.40. The predicted molar refractivity (Wildman–Crippen MR) is 69.7 cm³/mol. The highest BCUT2D eigenvalue weighted by Crippen LogP contribution is 2.17. The van der Waals surface area contributed by atoms with Crippen molar-refractivity contribution in [2.45, 2.75) is 12.8 Å². The zero-order valence-electron chi connectivity index (χ0n) is 10.0. The molecule has 1 aromatic carbocycles. The zero-order chi connectivity index (χ0) is 13.7. The number of halogens is 1. The first-order chi connectivity index (χ1) is 8.40. The van der Waals surface area contributed by atoms with Crippen molar-refractivity contribution in [3.63, 3.8) is 0 Å². The lowest BCUT2D eigenvalue weighted by atomic mass is 10.1. The summed E-state index contributed by atoms with van der Waals surface area (Å²) in [7, 11) is 1.61. The van der Waals surface area contributed by atoms with E-state index in [4.69, 9.17) is 22.4 Å².